The second-order valence-corrected chi connectivity index (χ2v) is 3.37. The first-order valence-electron chi connectivity index (χ1n) is 4.95. The Kier molecular flexibility index (Phi) is 4.09. The van der Waals surface area contributed by atoms with Crippen LogP contribution in [-0.4, -0.2) is 26.2 Å². The third kappa shape index (κ3) is 2.75. The molecule has 0 amide bonds. The van der Waals surface area contributed by atoms with Gasteiger partial charge < -0.3 is 14.2 Å². The van der Waals surface area contributed by atoms with Gasteiger partial charge in [-0.1, -0.05) is 0 Å². The topological polar surface area (TPSA) is 61.8 Å². The normalized spacial score (nSPS) is 15.3. The number of esters is 2. The Morgan fingerprint density at radius 3 is 2.18 bits per heavy atom. The number of hydrogen-bond acceptors (Lipinski definition) is 5. The van der Waals surface area contributed by atoms with Crippen LogP contribution in [0.15, 0.2) is 34.8 Å². The van der Waals surface area contributed by atoms with Gasteiger partial charge in [0, 0.05) is 0 Å². The van der Waals surface area contributed by atoms with Gasteiger partial charge in [0.25, 0.3) is 0 Å². The fourth-order valence-electron chi connectivity index (χ4n) is 1.44. The molecular weight excluding hydrogens is 224 g/mol. The molecule has 0 atom stereocenters. The van der Waals surface area contributed by atoms with Crippen molar-refractivity contribution in [2.45, 2.75) is 13.8 Å². The maximum atomic E-state index is 11.6. The highest BCUT2D eigenvalue weighted by molar-refractivity contribution is 6.07. The maximum Gasteiger partial charge on any atom is 0.342 e. The van der Waals surface area contributed by atoms with Gasteiger partial charge in [0.1, 0.15) is 17.1 Å². The molecule has 0 unspecified atom stereocenters. The van der Waals surface area contributed by atoms with Crippen molar-refractivity contribution < 1.29 is 23.8 Å². The van der Waals surface area contributed by atoms with Crippen LogP contribution in [-0.2, 0) is 23.8 Å². The third-order valence-electron chi connectivity index (χ3n) is 2.22. The van der Waals surface area contributed by atoms with Crippen molar-refractivity contribution in [3.8, 4) is 0 Å². The van der Waals surface area contributed by atoms with E-state index in [4.69, 9.17) is 4.74 Å². The van der Waals surface area contributed by atoms with Gasteiger partial charge in [0.05, 0.1) is 19.8 Å². The molecule has 0 aliphatic carbocycles. The second kappa shape index (κ2) is 5.34. The Morgan fingerprint density at radius 2 is 1.65 bits per heavy atom. The highest BCUT2D eigenvalue weighted by atomic mass is 16.5. The molecule has 0 saturated heterocycles. The van der Waals surface area contributed by atoms with Gasteiger partial charge in [-0.05, 0) is 26.0 Å². The Morgan fingerprint density at radius 1 is 1.06 bits per heavy atom. The first kappa shape index (κ1) is 13.0. The van der Waals surface area contributed by atoms with Crippen molar-refractivity contribution in [1.29, 1.82) is 0 Å². The summed E-state index contributed by atoms with van der Waals surface area (Å²) < 4.78 is 14.6. The molecule has 0 aromatic rings. The first-order valence-corrected chi connectivity index (χ1v) is 4.95. The molecule has 0 fully saturated rings. The van der Waals surface area contributed by atoms with Crippen molar-refractivity contribution in [1.82, 2.24) is 0 Å². The van der Waals surface area contributed by atoms with E-state index in [1.807, 2.05) is 0 Å². The minimum absolute atomic E-state index is 0.0763. The number of carbonyl (C=O) groups is 2. The summed E-state index contributed by atoms with van der Waals surface area (Å²) in [6, 6.07) is 0. The van der Waals surface area contributed by atoms with Crippen LogP contribution in [0, 0.1) is 0 Å². The average molecular weight is 238 g/mol. The minimum Gasteiger partial charge on any atom is -0.466 e. The molecule has 5 heteroatoms. The molecule has 0 saturated carbocycles. The predicted octanol–water partition coefficient (Wildman–Crippen LogP) is 1.47. The highest BCUT2D eigenvalue weighted by Crippen LogP contribution is 2.24. The Hall–Kier alpha value is -2.04. The summed E-state index contributed by atoms with van der Waals surface area (Å²) in [5, 5.41) is 0. The van der Waals surface area contributed by atoms with E-state index < -0.39 is 11.9 Å². The molecule has 17 heavy (non-hydrogen) atoms. The average Bonchev–Trinajstić information content (AvgIpc) is 2.45. The molecule has 1 heterocycles. The van der Waals surface area contributed by atoms with Gasteiger partial charge in [0.15, 0.2) is 0 Å². The molecular formula is C12H14O5. The lowest BCUT2D eigenvalue weighted by Gasteiger charge is -2.10. The summed E-state index contributed by atoms with van der Waals surface area (Å²) in [6.07, 6.45) is 3.07. The summed E-state index contributed by atoms with van der Waals surface area (Å²) in [6.45, 7) is 3.31. The second-order valence-electron chi connectivity index (χ2n) is 3.37. The van der Waals surface area contributed by atoms with Crippen molar-refractivity contribution in [3.05, 3.63) is 34.8 Å². The molecule has 0 aromatic heterocycles. The summed E-state index contributed by atoms with van der Waals surface area (Å²) in [7, 11) is 2.48. The van der Waals surface area contributed by atoms with Gasteiger partial charge in [-0.25, -0.2) is 9.59 Å². The van der Waals surface area contributed by atoms with E-state index in [0.29, 0.717) is 11.5 Å². The molecule has 92 valence electrons. The number of methoxy groups -OCH3 is 2. The standard InChI is InChI=1S/C12H14O5/c1-7-5-6-9(11(13)15-3)10(8(2)17-7)12(14)16-4/h5-6H,1-4H3. The van der Waals surface area contributed by atoms with Gasteiger partial charge in [-0.3, -0.25) is 0 Å². The van der Waals surface area contributed by atoms with Gasteiger partial charge in [-0.15, -0.1) is 0 Å². The van der Waals surface area contributed by atoms with Crippen LogP contribution in [0.25, 0.3) is 0 Å². The SMILES string of the molecule is COC(=O)C1=CC=C(C)OC(C)=C1C(=O)OC. The van der Waals surface area contributed by atoms with Crippen molar-refractivity contribution >= 4 is 11.9 Å². The highest BCUT2D eigenvalue weighted by Gasteiger charge is 2.26. The summed E-state index contributed by atoms with van der Waals surface area (Å²) in [5.41, 5.74) is 0.196. The van der Waals surface area contributed by atoms with Crippen LogP contribution in [0.2, 0.25) is 0 Å². The van der Waals surface area contributed by atoms with Crippen LogP contribution >= 0.6 is 0 Å². The van der Waals surface area contributed by atoms with E-state index in [-0.39, 0.29) is 11.1 Å². The third-order valence-corrected chi connectivity index (χ3v) is 2.22. The molecule has 0 bridgehead atoms. The summed E-state index contributed by atoms with van der Waals surface area (Å²) >= 11 is 0. The molecule has 0 aromatic carbocycles. The number of rotatable bonds is 2. The molecule has 0 spiro atoms. The molecule has 1 aliphatic heterocycles. The lowest BCUT2D eigenvalue weighted by atomic mass is 10.1. The molecule has 0 radical (unpaired) electrons. The Labute approximate surface area is 99.3 Å². The van der Waals surface area contributed by atoms with Crippen LogP contribution in [0.1, 0.15) is 13.8 Å². The van der Waals surface area contributed by atoms with E-state index in [2.05, 4.69) is 9.47 Å². The van der Waals surface area contributed by atoms with E-state index in [0.717, 1.165) is 0 Å². The maximum absolute atomic E-state index is 11.6. The largest absolute Gasteiger partial charge is 0.466 e. The summed E-state index contributed by atoms with van der Waals surface area (Å²) in [4.78, 5) is 23.2. The quantitative estimate of drug-likeness (QED) is 0.682. The zero-order valence-electron chi connectivity index (χ0n) is 10.2. The van der Waals surface area contributed by atoms with Crippen molar-refractivity contribution in [2.24, 2.45) is 0 Å². The van der Waals surface area contributed by atoms with E-state index in [9.17, 15) is 9.59 Å². The molecule has 5 nitrogen and oxygen atoms in total. The lowest BCUT2D eigenvalue weighted by Crippen LogP contribution is -2.16. The van der Waals surface area contributed by atoms with Crippen LogP contribution in [0.4, 0.5) is 0 Å². The van der Waals surface area contributed by atoms with Crippen LogP contribution in [0.5, 0.6) is 0 Å². The van der Waals surface area contributed by atoms with Gasteiger partial charge in [-0.2, -0.15) is 0 Å². The van der Waals surface area contributed by atoms with Crippen LogP contribution < -0.4 is 0 Å². The number of hydrogen-bond donors (Lipinski definition) is 0. The number of ether oxygens (including phenoxy) is 3. The Balaban J connectivity index is 3.32. The van der Waals surface area contributed by atoms with Gasteiger partial charge >= 0.3 is 11.9 Å². The van der Waals surface area contributed by atoms with Gasteiger partial charge in [0.2, 0.25) is 0 Å². The zero-order chi connectivity index (χ0) is 13.0. The zero-order valence-corrected chi connectivity index (χ0v) is 10.2. The predicted molar refractivity (Wildman–Crippen MR) is 59.7 cm³/mol. The van der Waals surface area contributed by atoms with E-state index in [1.54, 1.807) is 19.9 Å². The summed E-state index contributed by atoms with van der Waals surface area (Å²) in [5.74, 6) is -0.371. The fraction of sp³-hybridized carbons (Fsp3) is 0.333. The minimum atomic E-state index is -0.637. The lowest BCUT2D eigenvalue weighted by molar-refractivity contribution is -0.139. The van der Waals surface area contributed by atoms with E-state index >= 15 is 0 Å². The number of allylic oxidation sites excluding steroid dienone is 4. The molecule has 1 aliphatic rings. The monoisotopic (exact) mass is 238 g/mol. The molecule has 0 N–H and O–H groups in total. The Bertz CT molecular complexity index is 440. The molecule has 1 rings (SSSR count). The van der Waals surface area contributed by atoms with E-state index in [1.165, 1.54) is 20.3 Å². The number of carbonyl (C=O) groups excluding carboxylic acids is 2. The van der Waals surface area contributed by atoms with Crippen molar-refractivity contribution in [2.75, 3.05) is 14.2 Å². The van der Waals surface area contributed by atoms with Crippen molar-refractivity contribution in [3.63, 3.8) is 0 Å². The van der Waals surface area contributed by atoms with Crippen LogP contribution in [0.3, 0.4) is 0 Å². The fourth-order valence-corrected chi connectivity index (χ4v) is 1.44. The smallest absolute Gasteiger partial charge is 0.342 e. The first-order chi connectivity index (χ1) is 8.01.